The molecule has 0 amide bonds. The Kier molecular flexibility index (Phi) is 6.83. The van der Waals surface area contributed by atoms with E-state index in [1.165, 1.54) is 64.3 Å². The van der Waals surface area contributed by atoms with Gasteiger partial charge in [-0.05, 0) is 50.5 Å². The van der Waals surface area contributed by atoms with E-state index in [9.17, 15) is 5.11 Å². The van der Waals surface area contributed by atoms with Crippen molar-refractivity contribution >= 4 is 0 Å². The van der Waals surface area contributed by atoms with E-state index in [0.29, 0.717) is 5.92 Å². The molecule has 0 heterocycles. The fraction of sp³-hybridized carbons (Fsp3) is 1.00. The quantitative estimate of drug-likeness (QED) is 0.737. The van der Waals surface area contributed by atoms with Crippen LogP contribution in [0.15, 0.2) is 0 Å². The minimum absolute atomic E-state index is 0.0412. The van der Waals surface area contributed by atoms with Gasteiger partial charge in [0.05, 0.1) is 6.10 Å². The van der Waals surface area contributed by atoms with Crippen molar-refractivity contribution < 1.29 is 5.11 Å². The zero-order valence-corrected chi connectivity index (χ0v) is 13.7. The first kappa shape index (κ1) is 16.3. The number of rotatable bonds is 6. The predicted octanol–water partition coefficient (Wildman–Crippen LogP) is 4.22. The maximum Gasteiger partial charge on any atom is 0.0580 e. The Morgan fingerprint density at radius 2 is 1.60 bits per heavy atom. The Morgan fingerprint density at radius 1 is 0.950 bits per heavy atom. The van der Waals surface area contributed by atoms with Gasteiger partial charge in [0, 0.05) is 12.6 Å². The molecular formula is C18H35NO. The van der Waals surface area contributed by atoms with Crippen LogP contribution in [0, 0.1) is 11.8 Å². The third kappa shape index (κ3) is 5.04. The van der Waals surface area contributed by atoms with Crippen LogP contribution in [0.2, 0.25) is 0 Å². The minimum Gasteiger partial charge on any atom is -0.393 e. The number of aliphatic hydroxyl groups is 1. The van der Waals surface area contributed by atoms with Crippen LogP contribution in [-0.2, 0) is 0 Å². The lowest BCUT2D eigenvalue weighted by Crippen LogP contribution is -2.41. The highest BCUT2D eigenvalue weighted by atomic mass is 16.3. The van der Waals surface area contributed by atoms with Gasteiger partial charge in [-0.25, -0.2) is 0 Å². The average Bonchev–Trinajstić information content (AvgIpc) is 2.87. The monoisotopic (exact) mass is 281 g/mol. The molecule has 2 atom stereocenters. The van der Waals surface area contributed by atoms with Crippen molar-refractivity contribution in [2.75, 3.05) is 13.1 Å². The summed E-state index contributed by atoms with van der Waals surface area (Å²) in [4.78, 5) is 2.74. The van der Waals surface area contributed by atoms with Crippen molar-refractivity contribution in [1.82, 2.24) is 4.90 Å². The molecular weight excluding hydrogens is 246 g/mol. The zero-order valence-electron chi connectivity index (χ0n) is 13.7. The molecule has 0 spiro atoms. The third-order valence-electron chi connectivity index (χ3n) is 5.42. The van der Waals surface area contributed by atoms with Gasteiger partial charge in [0.1, 0.15) is 0 Å². The van der Waals surface area contributed by atoms with E-state index in [2.05, 4.69) is 18.7 Å². The van der Waals surface area contributed by atoms with E-state index >= 15 is 0 Å². The summed E-state index contributed by atoms with van der Waals surface area (Å²) >= 11 is 0. The van der Waals surface area contributed by atoms with Gasteiger partial charge in [0.2, 0.25) is 0 Å². The van der Waals surface area contributed by atoms with E-state index in [0.717, 1.165) is 24.9 Å². The smallest absolute Gasteiger partial charge is 0.0580 e. The number of hydrogen-bond donors (Lipinski definition) is 1. The molecule has 2 aliphatic carbocycles. The van der Waals surface area contributed by atoms with Crippen LogP contribution in [-0.4, -0.2) is 35.2 Å². The van der Waals surface area contributed by atoms with Crippen LogP contribution >= 0.6 is 0 Å². The average molecular weight is 281 g/mol. The van der Waals surface area contributed by atoms with E-state index in [1.54, 1.807) is 0 Å². The summed E-state index contributed by atoms with van der Waals surface area (Å²) in [6, 6.07) is 0.809. The molecule has 0 aromatic carbocycles. The summed E-state index contributed by atoms with van der Waals surface area (Å²) in [6.07, 6.45) is 13.0. The normalized spacial score (nSPS) is 29.2. The molecule has 0 radical (unpaired) electrons. The molecule has 0 bridgehead atoms. The van der Waals surface area contributed by atoms with Gasteiger partial charge in [-0.15, -0.1) is 0 Å². The van der Waals surface area contributed by atoms with Crippen molar-refractivity contribution in [3.05, 3.63) is 0 Å². The molecule has 0 aliphatic heterocycles. The summed E-state index contributed by atoms with van der Waals surface area (Å²) in [5.41, 5.74) is 0. The SMILES string of the molecule is CC(C)CCN(CC1CCCCCC1O)C1CCCC1. The molecule has 2 saturated carbocycles. The molecule has 2 fully saturated rings. The van der Waals surface area contributed by atoms with Gasteiger partial charge in [0.15, 0.2) is 0 Å². The molecule has 1 N–H and O–H groups in total. The first-order valence-electron chi connectivity index (χ1n) is 9.09. The topological polar surface area (TPSA) is 23.5 Å². The fourth-order valence-corrected chi connectivity index (χ4v) is 4.00. The van der Waals surface area contributed by atoms with E-state index in [-0.39, 0.29) is 6.10 Å². The molecule has 2 nitrogen and oxygen atoms in total. The van der Waals surface area contributed by atoms with Gasteiger partial charge in [-0.2, -0.15) is 0 Å². The van der Waals surface area contributed by atoms with Gasteiger partial charge in [-0.1, -0.05) is 46.0 Å². The van der Waals surface area contributed by atoms with Crippen molar-refractivity contribution in [3.8, 4) is 0 Å². The van der Waals surface area contributed by atoms with Gasteiger partial charge >= 0.3 is 0 Å². The Morgan fingerprint density at radius 3 is 2.30 bits per heavy atom. The third-order valence-corrected chi connectivity index (χ3v) is 5.42. The van der Waals surface area contributed by atoms with Gasteiger partial charge < -0.3 is 10.0 Å². The molecule has 2 unspecified atom stereocenters. The molecule has 2 aliphatic rings. The van der Waals surface area contributed by atoms with Crippen LogP contribution in [0.25, 0.3) is 0 Å². The Balaban J connectivity index is 1.90. The second-order valence-corrected chi connectivity index (χ2v) is 7.58. The van der Waals surface area contributed by atoms with Crippen molar-refractivity contribution in [2.24, 2.45) is 11.8 Å². The summed E-state index contributed by atoms with van der Waals surface area (Å²) in [7, 11) is 0. The standard InChI is InChI=1S/C18H35NO/c1-15(2)12-13-19(17-9-6-7-10-17)14-16-8-4-3-5-11-18(16)20/h15-18,20H,3-14H2,1-2H3. The number of hydrogen-bond acceptors (Lipinski definition) is 2. The second kappa shape index (κ2) is 8.38. The van der Waals surface area contributed by atoms with Crippen LogP contribution in [0.3, 0.4) is 0 Å². The largest absolute Gasteiger partial charge is 0.393 e. The lowest BCUT2D eigenvalue weighted by Gasteiger charge is -2.34. The molecule has 0 aromatic heterocycles. The highest BCUT2D eigenvalue weighted by molar-refractivity contribution is 4.82. The summed E-state index contributed by atoms with van der Waals surface area (Å²) in [5, 5.41) is 10.4. The maximum absolute atomic E-state index is 10.4. The second-order valence-electron chi connectivity index (χ2n) is 7.58. The Labute approximate surface area is 125 Å². The van der Waals surface area contributed by atoms with E-state index in [1.807, 2.05) is 0 Å². The van der Waals surface area contributed by atoms with Crippen molar-refractivity contribution in [3.63, 3.8) is 0 Å². The molecule has 118 valence electrons. The maximum atomic E-state index is 10.4. The van der Waals surface area contributed by atoms with Crippen molar-refractivity contribution in [1.29, 1.82) is 0 Å². The van der Waals surface area contributed by atoms with Gasteiger partial charge in [-0.3, -0.25) is 0 Å². The van der Waals surface area contributed by atoms with Crippen LogP contribution < -0.4 is 0 Å². The lowest BCUT2D eigenvalue weighted by atomic mass is 9.95. The van der Waals surface area contributed by atoms with Crippen LogP contribution in [0.5, 0.6) is 0 Å². The van der Waals surface area contributed by atoms with E-state index < -0.39 is 0 Å². The lowest BCUT2D eigenvalue weighted by molar-refractivity contribution is 0.0589. The van der Waals surface area contributed by atoms with Crippen molar-refractivity contribution in [2.45, 2.75) is 90.2 Å². The highest BCUT2D eigenvalue weighted by Gasteiger charge is 2.28. The first-order chi connectivity index (χ1) is 9.66. The summed E-state index contributed by atoms with van der Waals surface area (Å²) in [6.45, 7) is 7.05. The predicted molar refractivity (Wildman–Crippen MR) is 85.9 cm³/mol. The minimum atomic E-state index is -0.0412. The number of aliphatic hydroxyl groups excluding tert-OH is 1. The molecule has 0 saturated heterocycles. The zero-order chi connectivity index (χ0) is 14.4. The van der Waals surface area contributed by atoms with Crippen LogP contribution in [0.4, 0.5) is 0 Å². The van der Waals surface area contributed by atoms with Crippen LogP contribution in [0.1, 0.15) is 78.1 Å². The summed E-state index contributed by atoms with van der Waals surface area (Å²) < 4.78 is 0. The molecule has 0 aromatic rings. The molecule has 2 heteroatoms. The molecule has 2 rings (SSSR count). The number of nitrogens with zero attached hydrogens (tertiary/aromatic N) is 1. The summed E-state index contributed by atoms with van der Waals surface area (Å²) in [5.74, 6) is 1.32. The fourth-order valence-electron chi connectivity index (χ4n) is 4.00. The molecule has 20 heavy (non-hydrogen) atoms. The van der Waals surface area contributed by atoms with Gasteiger partial charge in [0.25, 0.3) is 0 Å². The van der Waals surface area contributed by atoms with E-state index in [4.69, 9.17) is 0 Å². The Hall–Kier alpha value is -0.0800. The Bertz CT molecular complexity index is 260. The highest BCUT2D eigenvalue weighted by Crippen LogP contribution is 2.29. The first-order valence-corrected chi connectivity index (χ1v) is 9.09.